The van der Waals surface area contributed by atoms with E-state index >= 15 is 0 Å². The third kappa shape index (κ3) is 3.65. The van der Waals surface area contributed by atoms with Crippen molar-refractivity contribution in [2.75, 3.05) is 5.32 Å². The zero-order valence-corrected chi connectivity index (χ0v) is 13.7. The highest BCUT2D eigenvalue weighted by molar-refractivity contribution is 6.29. The first kappa shape index (κ1) is 16.2. The van der Waals surface area contributed by atoms with Crippen molar-refractivity contribution in [1.82, 2.24) is 9.78 Å². The van der Waals surface area contributed by atoms with Crippen molar-refractivity contribution in [2.45, 2.75) is 0 Å². The third-order valence-corrected chi connectivity index (χ3v) is 3.73. The number of nitriles is 1. The summed E-state index contributed by atoms with van der Waals surface area (Å²) in [6.07, 6.45) is 3.26. The molecule has 0 bridgehead atoms. The summed E-state index contributed by atoms with van der Waals surface area (Å²) in [6, 6.07) is 21.1. The molecule has 1 amide bonds. The van der Waals surface area contributed by atoms with Gasteiger partial charge < -0.3 is 5.32 Å². The predicted molar refractivity (Wildman–Crippen MR) is 97.3 cm³/mol. The monoisotopic (exact) mass is 328 g/mol. The lowest BCUT2D eigenvalue weighted by Crippen LogP contribution is -2.16. The van der Waals surface area contributed by atoms with Crippen molar-refractivity contribution in [2.24, 2.45) is 7.05 Å². The summed E-state index contributed by atoms with van der Waals surface area (Å²) in [4.78, 5) is 12.9. The van der Waals surface area contributed by atoms with E-state index in [1.807, 2.05) is 72.8 Å². The molecule has 3 rings (SSSR count). The Morgan fingerprint density at radius 2 is 1.76 bits per heavy atom. The molecule has 1 aromatic heterocycles. The molecule has 0 aliphatic carbocycles. The van der Waals surface area contributed by atoms with Gasteiger partial charge >= 0.3 is 0 Å². The van der Waals surface area contributed by atoms with E-state index in [4.69, 9.17) is 5.26 Å². The molecule has 1 heterocycles. The highest BCUT2D eigenvalue weighted by Crippen LogP contribution is 2.21. The number of hydrogen-bond donors (Lipinski definition) is 1. The summed E-state index contributed by atoms with van der Waals surface area (Å²) < 4.78 is 1.47. The first-order chi connectivity index (χ1) is 12.2. The van der Waals surface area contributed by atoms with Gasteiger partial charge in [0, 0.05) is 12.6 Å². The molecular formula is C20H16N4O. The highest BCUT2D eigenvalue weighted by atomic mass is 16.1. The number of aryl methyl sites for hydroxylation is 1. The van der Waals surface area contributed by atoms with Crippen LogP contribution < -0.4 is 5.32 Å². The molecule has 5 nitrogen and oxygen atoms in total. The molecule has 1 N–H and O–H groups in total. The SMILES string of the molecule is Cn1ncc(C#N)c1NC(=O)/C(=C\c1ccccc1)c1ccccc1. The molecule has 0 saturated carbocycles. The molecule has 0 saturated heterocycles. The van der Waals surface area contributed by atoms with Gasteiger partial charge in [0.15, 0.2) is 0 Å². The first-order valence-electron chi connectivity index (χ1n) is 7.74. The second-order valence-corrected chi connectivity index (χ2v) is 5.43. The topological polar surface area (TPSA) is 70.7 Å². The second-order valence-electron chi connectivity index (χ2n) is 5.43. The van der Waals surface area contributed by atoms with Gasteiger partial charge in [0.25, 0.3) is 5.91 Å². The Kier molecular flexibility index (Phi) is 4.72. The minimum Gasteiger partial charge on any atom is -0.306 e. The number of benzene rings is 2. The van der Waals surface area contributed by atoms with Gasteiger partial charge in [-0.05, 0) is 17.2 Å². The van der Waals surface area contributed by atoms with Crippen LogP contribution in [0, 0.1) is 11.3 Å². The summed E-state index contributed by atoms with van der Waals surface area (Å²) in [5.74, 6) is 0.0811. The number of carbonyl (C=O) groups excluding carboxylic acids is 1. The van der Waals surface area contributed by atoms with Crippen LogP contribution in [0.1, 0.15) is 16.7 Å². The summed E-state index contributed by atoms with van der Waals surface area (Å²) in [5.41, 5.74) is 2.55. The van der Waals surface area contributed by atoms with E-state index in [1.54, 1.807) is 7.05 Å². The molecule has 25 heavy (non-hydrogen) atoms. The fourth-order valence-corrected chi connectivity index (χ4v) is 2.46. The lowest BCUT2D eigenvalue weighted by atomic mass is 10.0. The van der Waals surface area contributed by atoms with Crippen LogP contribution in [0.5, 0.6) is 0 Å². The van der Waals surface area contributed by atoms with E-state index in [0.717, 1.165) is 11.1 Å². The number of aromatic nitrogens is 2. The van der Waals surface area contributed by atoms with Gasteiger partial charge in [0.2, 0.25) is 0 Å². The number of nitrogens with zero attached hydrogens (tertiary/aromatic N) is 3. The van der Waals surface area contributed by atoms with Gasteiger partial charge in [-0.1, -0.05) is 60.7 Å². The minimum atomic E-state index is -0.296. The van der Waals surface area contributed by atoms with E-state index in [-0.39, 0.29) is 5.91 Å². The average molecular weight is 328 g/mol. The quantitative estimate of drug-likeness (QED) is 0.589. The standard InChI is InChI=1S/C20H16N4O/c1-24-19(17(13-21)14-22-24)23-20(25)18(16-10-6-3-7-11-16)12-15-8-4-2-5-9-15/h2-12,14H,1H3,(H,23,25)/b18-12-. The zero-order valence-electron chi connectivity index (χ0n) is 13.7. The van der Waals surface area contributed by atoms with Crippen molar-refractivity contribution in [3.8, 4) is 6.07 Å². The van der Waals surface area contributed by atoms with Crippen LogP contribution >= 0.6 is 0 Å². The summed E-state index contributed by atoms with van der Waals surface area (Å²) in [6.45, 7) is 0. The molecule has 5 heteroatoms. The Balaban J connectivity index is 2.00. The van der Waals surface area contributed by atoms with Crippen LogP contribution in [0.3, 0.4) is 0 Å². The maximum atomic E-state index is 12.9. The van der Waals surface area contributed by atoms with Crippen molar-refractivity contribution in [1.29, 1.82) is 5.26 Å². The molecule has 0 spiro atoms. The van der Waals surface area contributed by atoms with Gasteiger partial charge in [-0.2, -0.15) is 10.4 Å². The Bertz CT molecular complexity index is 950. The smallest absolute Gasteiger partial charge is 0.257 e. The van der Waals surface area contributed by atoms with Crippen LogP contribution in [0.2, 0.25) is 0 Å². The van der Waals surface area contributed by atoms with Gasteiger partial charge in [-0.15, -0.1) is 0 Å². The first-order valence-corrected chi connectivity index (χ1v) is 7.74. The molecule has 3 aromatic rings. The van der Waals surface area contributed by atoms with Crippen molar-refractivity contribution >= 4 is 23.4 Å². The number of amides is 1. The number of anilines is 1. The lowest BCUT2D eigenvalue weighted by Gasteiger charge is -2.10. The number of rotatable bonds is 4. The minimum absolute atomic E-state index is 0.296. The molecule has 0 aliphatic heterocycles. The van der Waals surface area contributed by atoms with Crippen LogP contribution in [-0.4, -0.2) is 15.7 Å². The summed E-state index contributed by atoms with van der Waals surface area (Å²) in [5, 5.41) is 16.0. The Labute approximate surface area is 145 Å². The van der Waals surface area contributed by atoms with Crippen LogP contribution in [0.15, 0.2) is 66.9 Å². The van der Waals surface area contributed by atoms with E-state index in [0.29, 0.717) is 17.0 Å². The Morgan fingerprint density at radius 3 is 2.40 bits per heavy atom. The fraction of sp³-hybridized carbons (Fsp3) is 0.0500. The van der Waals surface area contributed by atoms with Gasteiger partial charge in [-0.3, -0.25) is 9.48 Å². The Morgan fingerprint density at radius 1 is 1.12 bits per heavy atom. The van der Waals surface area contributed by atoms with Crippen LogP contribution in [0.25, 0.3) is 11.6 Å². The average Bonchev–Trinajstić information content (AvgIpc) is 3.01. The van der Waals surface area contributed by atoms with Crippen LogP contribution in [-0.2, 0) is 11.8 Å². The highest BCUT2D eigenvalue weighted by Gasteiger charge is 2.16. The maximum absolute atomic E-state index is 12.9. The van der Waals surface area contributed by atoms with Gasteiger partial charge in [0.1, 0.15) is 17.5 Å². The van der Waals surface area contributed by atoms with E-state index in [9.17, 15) is 4.79 Å². The zero-order chi connectivity index (χ0) is 17.6. The molecule has 2 aromatic carbocycles. The van der Waals surface area contributed by atoms with E-state index in [2.05, 4.69) is 10.4 Å². The number of hydrogen-bond acceptors (Lipinski definition) is 3. The number of carbonyl (C=O) groups is 1. The molecule has 0 atom stereocenters. The molecule has 0 aliphatic rings. The van der Waals surface area contributed by atoms with Gasteiger partial charge in [-0.25, -0.2) is 0 Å². The van der Waals surface area contributed by atoms with Crippen molar-refractivity contribution in [3.63, 3.8) is 0 Å². The molecule has 0 radical (unpaired) electrons. The third-order valence-electron chi connectivity index (χ3n) is 3.73. The predicted octanol–water partition coefficient (Wildman–Crippen LogP) is 3.47. The lowest BCUT2D eigenvalue weighted by molar-refractivity contribution is -0.111. The largest absolute Gasteiger partial charge is 0.306 e. The number of nitrogens with one attached hydrogen (secondary N) is 1. The maximum Gasteiger partial charge on any atom is 0.257 e. The molecular weight excluding hydrogens is 312 g/mol. The molecule has 0 unspecified atom stereocenters. The summed E-state index contributed by atoms with van der Waals surface area (Å²) >= 11 is 0. The summed E-state index contributed by atoms with van der Waals surface area (Å²) in [7, 11) is 1.68. The Hall–Kier alpha value is -3.65. The van der Waals surface area contributed by atoms with E-state index < -0.39 is 0 Å². The normalized spacial score (nSPS) is 11.0. The molecule has 0 fully saturated rings. The second kappa shape index (κ2) is 7.28. The molecule has 122 valence electrons. The van der Waals surface area contributed by atoms with Crippen molar-refractivity contribution < 1.29 is 4.79 Å². The van der Waals surface area contributed by atoms with E-state index in [1.165, 1.54) is 10.9 Å². The van der Waals surface area contributed by atoms with Gasteiger partial charge in [0.05, 0.1) is 6.20 Å². The fourth-order valence-electron chi connectivity index (χ4n) is 2.46. The van der Waals surface area contributed by atoms with Crippen LogP contribution in [0.4, 0.5) is 5.82 Å². The van der Waals surface area contributed by atoms with Crippen molar-refractivity contribution in [3.05, 3.63) is 83.6 Å².